The summed E-state index contributed by atoms with van der Waals surface area (Å²) < 4.78 is 40.8. The predicted molar refractivity (Wildman–Crippen MR) is 132 cm³/mol. The van der Waals surface area contributed by atoms with Gasteiger partial charge in [-0.2, -0.15) is 18.3 Å². The fourth-order valence-corrected chi connectivity index (χ4v) is 3.71. The van der Waals surface area contributed by atoms with Gasteiger partial charge < -0.3 is 16.0 Å². The van der Waals surface area contributed by atoms with E-state index in [1.165, 1.54) is 12.1 Å². The number of fused-ring (bicyclic) bond motifs is 1. The second-order valence-corrected chi connectivity index (χ2v) is 8.79. The van der Waals surface area contributed by atoms with Crippen LogP contribution in [0.25, 0.3) is 0 Å². The van der Waals surface area contributed by atoms with Gasteiger partial charge in [-0.25, -0.2) is 9.67 Å². The standard InChI is InChI=1S/C26H25F3N6O/c1-15(2)35-24-22(23(30)34(4)14-31-24)21(33-35)11-10-17-12-18(9-8-16(17)3)25(36)32-20-7-5-6-19(13-20)26(27,28)29/h5-9,12-15,23H,30H2,1-4H3,(H,32,36). The SMILES string of the molecule is Cc1ccc(C(=O)Nc2cccc(C(F)(F)F)c2)cc1C#Cc1nn(C(C)C)c2c1C(N)N(C)C=N2. The maximum atomic E-state index is 13.0. The number of nitrogens with zero attached hydrogens (tertiary/aromatic N) is 4. The predicted octanol–water partition coefficient (Wildman–Crippen LogP) is 5.01. The first-order valence-electron chi connectivity index (χ1n) is 11.2. The van der Waals surface area contributed by atoms with Crippen LogP contribution in [0.1, 0.15) is 64.4 Å². The molecular formula is C26H25F3N6O. The van der Waals surface area contributed by atoms with Crippen LogP contribution >= 0.6 is 0 Å². The first kappa shape index (κ1) is 25.0. The molecule has 1 unspecified atom stereocenters. The van der Waals surface area contributed by atoms with Gasteiger partial charge in [-0.1, -0.05) is 18.1 Å². The fraction of sp³-hybridized carbons (Fsp3) is 0.269. The third kappa shape index (κ3) is 4.97. The number of aromatic nitrogens is 2. The zero-order valence-corrected chi connectivity index (χ0v) is 20.2. The van der Waals surface area contributed by atoms with Gasteiger partial charge in [0.25, 0.3) is 5.91 Å². The quantitative estimate of drug-likeness (QED) is 0.502. The lowest BCUT2D eigenvalue weighted by molar-refractivity contribution is -0.137. The van der Waals surface area contributed by atoms with Gasteiger partial charge in [0.1, 0.15) is 11.9 Å². The minimum Gasteiger partial charge on any atom is -0.346 e. The molecule has 3 N–H and O–H groups in total. The van der Waals surface area contributed by atoms with E-state index in [0.717, 1.165) is 23.3 Å². The van der Waals surface area contributed by atoms with Crippen LogP contribution < -0.4 is 11.1 Å². The van der Waals surface area contributed by atoms with Crippen molar-refractivity contribution >= 4 is 23.8 Å². The highest BCUT2D eigenvalue weighted by atomic mass is 19.4. The van der Waals surface area contributed by atoms with Gasteiger partial charge in [-0.05, 0) is 62.6 Å². The molecule has 0 spiro atoms. The number of aryl methyl sites for hydroxylation is 1. The largest absolute Gasteiger partial charge is 0.416 e. The number of hydrogen-bond donors (Lipinski definition) is 2. The van der Waals surface area contributed by atoms with Crippen LogP contribution in [0.3, 0.4) is 0 Å². The molecule has 2 aromatic carbocycles. The average molecular weight is 495 g/mol. The van der Waals surface area contributed by atoms with Crippen molar-refractivity contribution in [2.24, 2.45) is 10.7 Å². The Balaban J connectivity index is 1.64. The molecule has 10 heteroatoms. The lowest BCUT2D eigenvalue weighted by Crippen LogP contribution is -2.32. The van der Waals surface area contributed by atoms with Crippen LogP contribution in [0.5, 0.6) is 0 Å². The second-order valence-electron chi connectivity index (χ2n) is 8.79. The molecule has 0 saturated heterocycles. The number of alkyl halides is 3. The summed E-state index contributed by atoms with van der Waals surface area (Å²) in [7, 11) is 1.82. The van der Waals surface area contributed by atoms with E-state index in [1.807, 2.05) is 27.8 Å². The van der Waals surface area contributed by atoms with Crippen LogP contribution in [0, 0.1) is 18.8 Å². The third-order valence-corrected chi connectivity index (χ3v) is 5.77. The first-order chi connectivity index (χ1) is 17.0. The van der Waals surface area contributed by atoms with E-state index in [0.29, 0.717) is 17.1 Å². The highest BCUT2D eigenvalue weighted by molar-refractivity contribution is 6.04. The number of nitrogens with two attached hydrogens (primary N) is 1. The molecule has 3 aromatic rings. The minimum atomic E-state index is -4.50. The number of benzene rings is 2. The van der Waals surface area contributed by atoms with Crippen LogP contribution in [0.2, 0.25) is 0 Å². The van der Waals surface area contributed by atoms with E-state index >= 15 is 0 Å². The van der Waals surface area contributed by atoms with Crippen molar-refractivity contribution in [1.82, 2.24) is 14.7 Å². The monoisotopic (exact) mass is 494 g/mol. The molecule has 0 fully saturated rings. The van der Waals surface area contributed by atoms with Gasteiger partial charge in [0, 0.05) is 29.9 Å². The Kier molecular flexibility index (Phi) is 6.61. The molecule has 0 saturated carbocycles. The zero-order valence-electron chi connectivity index (χ0n) is 20.2. The molecule has 0 bridgehead atoms. The van der Waals surface area contributed by atoms with Gasteiger partial charge in [0.2, 0.25) is 0 Å². The summed E-state index contributed by atoms with van der Waals surface area (Å²) in [6.45, 7) is 5.82. The molecule has 2 heterocycles. The molecule has 0 aliphatic carbocycles. The molecule has 1 aromatic heterocycles. The van der Waals surface area contributed by atoms with Crippen molar-refractivity contribution in [1.29, 1.82) is 0 Å². The van der Waals surface area contributed by atoms with Crippen molar-refractivity contribution in [3.63, 3.8) is 0 Å². The topological polar surface area (TPSA) is 88.5 Å². The number of carbonyl (C=O) groups excluding carboxylic acids is 1. The molecular weight excluding hydrogens is 469 g/mol. The van der Waals surface area contributed by atoms with E-state index in [-0.39, 0.29) is 17.3 Å². The lowest BCUT2D eigenvalue weighted by atomic mass is 10.0. The summed E-state index contributed by atoms with van der Waals surface area (Å²) >= 11 is 0. The van der Waals surface area contributed by atoms with Crippen molar-refractivity contribution in [2.75, 3.05) is 12.4 Å². The number of rotatable bonds is 3. The van der Waals surface area contributed by atoms with Gasteiger partial charge in [0.05, 0.1) is 17.5 Å². The number of hydrogen-bond acceptors (Lipinski definition) is 5. The zero-order chi connectivity index (χ0) is 26.2. The number of aliphatic imine (C=N–C) groups is 1. The van der Waals surface area contributed by atoms with Crippen molar-refractivity contribution < 1.29 is 18.0 Å². The molecule has 4 rings (SSSR count). The Morgan fingerprint density at radius 3 is 2.61 bits per heavy atom. The average Bonchev–Trinajstić information content (AvgIpc) is 3.20. The van der Waals surface area contributed by atoms with Crippen molar-refractivity contribution in [2.45, 2.75) is 39.2 Å². The Morgan fingerprint density at radius 1 is 1.17 bits per heavy atom. The highest BCUT2D eigenvalue weighted by Crippen LogP contribution is 2.34. The second kappa shape index (κ2) is 9.51. The smallest absolute Gasteiger partial charge is 0.346 e. The summed E-state index contributed by atoms with van der Waals surface area (Å²) in [5.74, 6) is 6.27. The minimum absolute atomic E-state index is 0.0478. The molecule has 0 radical (unpaired) electrons. The summed E-state index contributed by atoms with van der Waals surface area (Å²) in [6, 6.07) is 9.46. The maximum absolute atomic E-state index is 13.0. The van der Waals surface area contributed by atoms with Crippen LogP contribution in [0.4, 0.5) is 24.7 Å². The van der Waals surface area contributed by atoms with E-state index in [1.54, 1.807) is 34.1 Å². The number of carbonyl (C=O) groups is 1. The van der Waals surface area contributed by atoms with Crippen LogP contribution in [0.15, 0.2) is 47.5 Å². The highest BCUT2D eigenvalue weighted by Gasteiger charge is 2.30. The van der Waals surface area contributed by atoms with Gasteiger partial charge >= 0.3 is 6.18 Å². The van der Waals surface area contributed by atoms with Gasteiger partial charge in [0.15, 0.2) is 5.82 Å². The Hall–Kier alpha value is -4.10. The number of amides is 1. The molecule has 7 nitrogen and oxygen atoms in total. The van der Waals surface area contributed by atoms with E-state index in [4.69, 9.17) is 5.73 Å². The molecule has 1 atom stereocenters. The maximum Gasteiger partial charge on any atom is 0.416 e. The first-order valence-corrected chi connectivity index (χ1v) is 11.2. The molecule has 36 heavy (non-hydrogen) atoms. The molecule has 1 amide bonds. The number of nitrogens with one attached hydrogen (secondary N) is 1. The third-order valence-electron chi connectivity index (χ3n) is 5.77. The fourth-order valence-electron chi connectivity index (χ4n) is 3.71. The van der Waals surface area contributed by atoms with Crippen molar-refractivity contribution in [3.8, 4) is 11.8 Å². The summed E-state index contributed by atoms with van der Waals surface area (Å²) in [4.78, 5) is 19.0. The number of anilines is 1. The van der Waals surface area contributed by atoms with E-state index in [2.05, 4.69) is 27.2 Å². The summed E-state index contributed by atoms with van der Waals surface area (Å²) in [5.41, 5.74) is 8.46. The lowest BCUT2D eigenvalue weighted by Gasteiger charge is -2.25. The van der Waals surface area contributed by atoms with Gasteiger partial charge in [-0.3, -0.25) is 4.79 Å². The Labute approximate surface area is 206 Å². The molecule has 1 aliphatic heterocycles. The molecule has 1 aliphatic rings. The number of halogens is 3. The Morgan fingerprint density at radius 2 is 1.92 bits per heavy atom. The van der Waals surface area contributed by atoms with Crippen LogP contribution in [-0.2, 0) is 6.18 Å². The summed E-state index contributed by atoms with van der Waals surface area (Å²) in [6.07, 6.45) is -3.31. The van der Waals surface area contributed by atoms with Gasteiger partial charge in [-0.15, -0.1) is 0 Å². The Bertz CT molecular complexity index is 1410. The van der Waals surface area contributed by atoms with Crippen molar-refractivity contribution in [3.05, 3.63) is 76.0 Å². The molecule has 186 valence electrons. The van der Waals surface area contributed by atoms with Crippen LogP contribution in [-0.4, -0.2) is 34.0 Å². The van der Waals surface area contributed by atoms with E-state index < -0.39 is 23.8 Å². The summed E-state index contributed by atoms with van der Waals surface area (Å²) in [5, 5.41) is 7.13. The normalized spacial score (nSPS) is 14.9. The van der Waals surface area contributed by atoms with E-state index in [9.17, 15) is 18.0 Å².